The molecule has 0 spiro atoms. The van der Waals surface area contributed by atoms with Crippen molar-refractivity contribution in [3.8, 4) is 5.75 Å². The van der Waals surface area contributed by atoms with Gasteiger partial charge in [-0.15, -0.1) is 0 Å². The van der Waals surface area contributed by atoms with Crippen LogP contribution in [-0.2, 0) is 19.1 Å². The van der Waals surface area contributed by atoms with Gasteiger partial charge in [-0.05, 0) is 13.8 Å². The molecular weight excluding hydrogens is 324 g/mol. The number of ether oxygens (including phenoxy) is 3. The van der Waals surface area contributed by atoms with E-state index >= 15 is 0 Å². The van der Waals surface area contributed by atoms with Crippen molar-refractivity contribution in [2.75, 3.05) is 5.32 Å². The van der Waals surface area contributed by atoms with Crippen molar-refractivity contribution in [1.82, 2.24) is 0 Å². The third kappa shape index (κ3) is 4.01. The molecule has 6 nitrogen and oxygen atoms in total. The van der Waals surface area contributed by atoms with Crippen LogP contribution in [0, 0.1) is 11.6 Å². The molecule has 0 aromatic heterocycles. The summed E-state index contributed by atoms with van der Waals surface area (Å²) in [6.07, 6.45) is 0.571. The number of hydrogen-bond acceptors (Lipinski definition) is 6. The summed E-state index contributed by atoms with van der Waals surface area (Å²) in [6.45, 7) is 6.09. The molecule has 8 heteroatoms. The molecule has 1 aliphatic rings. The van der Waals surface area contributed by atoms with E-state index < -0.39 is 46.8 Å². The van der Waals surface area contributed by atoms with Crippen LogP contribution in [0.4, 0.5) is 14.5 Å². The number of benzene rings is 1. The Morgan fingerprint density at radius 2 is 1.62 bits per heavy atom. The molecule has 0 unspecified atom stereocenters. The van der Waals surface area contributed by atoms with Crippen molar-refractivity contribution in [2.45, 2.75) is 39.6 Å². The lowest BCUT2D eigenvalue weighted by atomic mass is 10.2. The van der Waals surface area contributed by atoms with Crippen LogP contribution < -0.4 is 10.1 Å². The Hall–Kier alpha value is -2.64. The highest BCUT2D eigenvalue weighted by Crippen LogP contribution is 2.27. The number of cyclic esters (lactones) is 2. The van der Waals surface area contributed by atoms with Crippen LogP contribution in [0.5, 0.6) is 5.75 Å². The van der Waals surface area contributed by atoms with Gasteiger partial charge in [0.05, 0.1) is 6.10 Å². The highest BCUT2D eigenvalue weighted by Gasteiger charge is 2.38. The Morgan fingerprint density at radius 3 is 2.08 bits per heavy atom. The topological polar surface area (TPSA) is 73.9 Å². The molecule has 1 saturated heterocycles. The van der Waals surface area contributed by atoms with Crippen LogP contribution in [0.1, 0.15) is 27.7 Å². The van der Waals surface area contributed by atoms with E-state index in [0.29, 0.717) is 0 Å². The molecule has 0 aliphatic carbocycles. The van der Waals surface area contributed by atoms with E-state index in [9.17, 15) is 18.4 Å². The van der Waals surface area contributed by atoms with Crippen molar-refractivity contribution < 1.29 is 32.6 Å². The zero-order valence-corrected chi connectivity index (χ0v) is 13.6. The number of halogens is 2. The van der Waals surface area contributed by atoms with Gasteiger partial charge < -0.3 is 19.5 Å². The molecule has 0 amide bonds. The lowest BCUT2D eigenvalue weighted by Gasteiger charge is -2.29. The second-order valence-electron chi connectivity index (χ2n) is 5.82. The van der Waals surface area contributed by atoms with E-state index in [2.05, 4.69) is 5.32 Å². The Balaban J connectivity index is 2.20. The predicted molar refractivity (Wildman–Crippen MR) is 80.1 cm³/mol. The number of hydrogen-bond donors (Lipinski definition) is 1. The van der Waals surface area contributed by atoms with Crippen LogP contribution in [0.15, 0.2) is 23.9 Å². The van der Waals surface area contributed by atoms with Gasteiger partial charge in [0.15, 0.2) is 23.0 Å². The number of carbonyl (C=O) groups excluding carboxylic acids is 2. The van der Waals surface area contributed by atoms with E-state index in [1.54, 1.807) is 13.8 Å². The quantitative estimate of drug-likeness (QED) is 0.516. The van der Waals surface area contributed by atoms with Gasteiger partial charge in [0, 0.05) is 37.9 Å². The molecule has 130 valence electrons. The molecule has 1 N–H and O–H groups in total. The van der Waals surface area contributed by atoms with E-state index in [-0.39, 0.29) is 5.69 Å². The fourth-order valence-electron chi connectivity index (χ4n) is 1.93. The number of anilines is 1. The van der Waals surface area contributed by atoms with Crippen LogP contribution >= 0.6 is 0 Å². The third-order valence-corrected chi connectivity index (χ3v) is 2.85. The minimum absolute atomic E-state index is 0.0148. The zero-order valence-electron chi connectivity index (χ0n) is 13.6. The first-order valence-electron chi connectivity index (χ1n) is 7.18. The molecule has 1 fully saturated rings. The summed E-state index contributed by atoms with van der Waals surface area (Å²) in [4.78, 5) is 23.5. The van der Waals surface area contributed by atoms with Crippen molar-refractivity contribution >= 4 is 17.6 Å². The van der Waals surface area contributed by atoms with Crippen molar-refractivity contribution in [2.24, 2.45) is 0 Å². The SMILES string of the molecule is CC(C)Oc1c(F)cc(NC=C2C(=O)OC(C)(C)OC2=O)cc1F. The third-order valence-electron chi connectivity index (χ3n) is 2.85. The molecule has 2 rings (SSSR count). The Labute approximate surface area is 137 Å². The smallest absolute Gasteiger partial charge is 0.350 e. The Morgan fingerprint density at radius 1 is 1.12 bits per heavy atom. The fraction of sp³-hybridized carbons (Fsp3) is 0.375. The highest BCUT2D eigenvalue weighted by atomic mass is 19.1. The number of nitrogens with one attached hydrogen (secondary N) is 1. The monoisotopic (exact) mass is 341 g/mol. The number of esters is 2. The van der Waals surface area contributed by atoms with Gasteiger partial charge in [-0.25, -0.2) is 18.4 Å². The summed E-state index contributed by atoms with van der Waals surface area (Å²) in [5.41, 5.74) is -0.434. The maximum atomic E-state index is 13.9. The molecule has 1 aromatic rings. The van der Waals surface area contributed by atoms with Crippen LogP contribution in [0.25, 0.3) is 0 Å². The minimum Gasteiger partial charge on any atom is -0.485 e. The van der Waals surface area contributed by atoms with Crippen molar-refractivity contribution in [3.05, 3.63) is 35.5 Å². The van der Waals surface area contributed by atoms with Crippen LogP contribution in [0.2, 0.25) is 0 Å². The molecule has 0 radical (unpaired) electrons. The van der Waals surface area contributed by atoms with Gasteiger partial charge in [0.1, 0.15) is 0 Å². The van der Waals surface area contributed by atoms with Gasteiger partial charge in [-0.2, -0.15) is 0 Å². The summed E-state index contributed by atoms with van der Waals surface area (Å²) < 4.78 is 42.6. The van der Waals surface area contributed by atoms with Gasteiger partial charge in [-0.3, -0.25) is 0 Å². The molecule has 0 atom stereocenters. The molecule has 1 heterocycles. The minimum atomic E-state index is -1.36. The van der Waals surface area contributed by atoms with Gasteiger partial charge in [0.25, 0.3) is 5.79 Å². The first-order valence-corrected chi connectivity index (χ1v) is 7.18. The van der Waals surface area contributed by atoms with Crippen LogP contribution in [0.3, 0.4) is 0 Å². The van der Waals surface area contributed by atoms with Crippen molar-refractivity contribution in [3.63, 3.8) is 0 Å². The lowest BCUT2D eigenvalue weighted by Crippen LogP contribution is -2.42. The first-order chi connectivity index (χ1) is 11.1. The molecule has 0 bridgehead atoms. The van der Waals surface area contributed by atoms with Gasteiger partial charge >= 0.3 is 11.9 Å². The number of carbonyl (C=O) groups is 2. The molecule has 1 aromatic carbocycles. The summed E-state index contributed by atoms with van der Waals surface area (Å²) in [7, 11) is 0. The normalized spacial score (nSPS) is 16.5. The molecule has 24 heavy (non-hydrogen) atoms. The van der Waals surface area contributed by atoms with Gasteiger partial charge in [0.2, 0.25) is 0 Å². The van der Waals surface area contributed by atoms with E-state index in [1.807, 2.05) is 0 Å². The second kappa shape index (κ2) is 6.46. The summed E-state index contributed by atoms with van der Waals surface area (Å²) in [6, 6.07) is 1.95. The summed E-state index contributed by atoms with van der Waals surface area (Å²) >= 11 is 0. The average molecular weight is 341 g/mol. The Kier molecular flexibility index (Phi) is 4.77. The lowest BCUT2D eigenvalue weighted by molar-refractivity contribution is -0.222. The maximum Gasteiger partial charge on any atom is 0.350 e. The van der Waals surface area contributed by atoms with Gasteiger partial charge in [-0.1, -0.05) is 0 Å². The fourth-order valence-corrected chi connectivity index (χ4v) is 1.93. The maximum absolute atomic E-state index is 13.9. The molecule has 0 saturated carbocycles. The van der Waals surface area contributed by atoms with E-state index in [0.717, 1.165) is 18.3 Å². The van der Waals surface area contributed by atoms with E-state index in [4.69, 9.17) is 14.2 Å². The predicted octanol–water partition coefficient (Wildman–Crippen LogP) is 2.88. The number of rotatable bonds is 4. The second-order valence-corrected chi connectivity index (χ2v) is 5.82. The summed E-state index contributed by atoms with van der Waals surface area (Å²) in [5.74, 6) is -5.49. The Bertz CT molecular complexity index is 667. The van der Waals surface area contributed by atoms with Crippen molar-refractivity contribution in [1.29, 1.82) is 0 Å². The first kappa shape index (κ1) is 17.7. The average Bonchev–Trinajstić information content (AvgIpc) is 2.40. The zero-order chi connectivity index (χ0) is 18.1. The standard InChI is InChI=1S/C16H17F2NO5/c1-8(2)22-13-11(17)5-9(6-12(13)18)19-7-10-14(20)23-16(3,4)24-15(10)21/h5-8,19H,1-4H3. The highest BCUT2D eigenvalue weighted by molar-refractivity contribution is 6.15. The molecule has 1 aliphatic heterocycles. The summed E-state index contributed by atoms with van der Waals surface area (Å²) in [5, 5.41) is 2.47. The van der Waals surface area contributed by atoms with Crippen LogP contribution in [-0.4, -0.2) is 23.8 Å². The van der Waals surface area contributed by atoms with E-state index in [1.165, 1.54) is 13.8 Å². The molecular formula is C16H17F2NO5. The largest absolute Gasteiger partial charge is 0.485 e.